The van der Waals surface area contributed by atoms with E-state index < -0.39 is 0 Å². The summed E-state index contributed by atoms with van der Waals surface area (Å²) in [7, 11) is 0. The Labute approximate surface area is 71.5 Å². The van der Waals surface area contributed by atoms with Crippen molar-refractivity contribution >= 4 is 0 Å². The number of aromatic hydroxyl groups is 2. The Morgan fingerprint density at radius 2 is 1.83 bits per heavy atom. The van der Waals surface area contributed by atoms with E-state index in [1.165, 1.54) is 19.3 Å². The monoisotopic (exact) mass is 164 g/mol. The van der Waals surface area contributed by atoms with Gasteiger partial charge in [0, 0.05) is 0 Å². The van der Waals surface area contributed by atoms with Gasteiger partial charge in [0.1, 0.15) is 0 Å². The third-order valence-electron chi connectivity index (χ3n) is 2.58. The third kappa shape index (κ3) is 1.13. The van der Waals surface area contributed by atoms with Crippen LogP contribution in [-0.2, 0) is 0 Å². The number of hydrogen-bond acceptors (Lipinski definition) is 2. The van der Waals surface area contributed by atoms with Crippen LogP contribution in [0.15, 0.2) is 18.2 Å². The van der Waals surface area contributed by atoms with Gasteiger partial charge in [-0.05, 0) is 36.5 Å². The molecule has 1 saturated carbocycles. The number of phenols is 2. The highest BCUT2D eigenvalue weighted by atomic mass is 16.3. The van der Waals surface area contributed by atoms with E-state index in [0.29, 0.717) is 5.92 Å². The number of rotatable bonds is 1. The molecule has 2 N–H and O–H groups in total. The Kier molecular flexibility index (Phi) is 1.68. The van der Waals surface area contributed by atoms with Crippen LogP contribution < -0.4 is 0 Å². The van der Waals surface area contributed by atoms with E-state index in [4.69, 9.17) is 5.11 Å². The zero-order chi connectivity index (χ0) is 8.55. The smallest absolute Gasteiger partial charge is 0.157 e. The number of phenolic OH excluding ortho intramolecular Hbond substituents is 2. The van der Waals surface area contributed by atoms with Gasteiger partial charge in [-0.15, -0.1) is 0 Å². The fourth-order valence-corrected chi connectivity index (χ4v) is 1.54. The summed E-state index contributed by atoms with van der Waals surface area (Å²) in [4.78, 5) is 0. The first-order chi connectivity index (χ1) is 5.77. The summed E-state index contributed by atoms with van der Waals surface area (Å²) < 4.78 is 0. The highest BCUT2D eigenvalue weighted by Gasteiger charge is 2.19. The molecule has 1 aliphatic carbocycles. The van der Waals surface area contributed by atoms with Crippen LogP contribution >= 0.6 is 0 Å². The van der Waals surface area contributed by atoms with Gasteiger partial charge in [0.15, 0.2) is 11.5 Å². The quantitative estimate of drug-likeness (QED) is 0.625. The molecular weight excluding hydrogens is 152 g/mol. The molecular formula is C10H12O2. The van der Waals surface area contributed by atoms with E-state index >= 15 is 0 Å². The predicted molar refractivity (Wildman–Crippen MR) is 46.4 cm³/mol. The summed E-state index contributed by atoms with van der Waals surface area (Å²) in [6.07, 6.45) is 3.71. The lowest BCUT2D eigenvalue weighted by atomic mass is 9.80. The molecule has 0 bridgehead atoms. The molecule has 0 spiro atoms. The molecule has 0 atom stereocenters. The van der Waals surface area contributed by atoms with Gasteiger partial charge in [-0.1, -0.05) is 12.5 Å². The van der Waals surface area contributed by atoms with Crippen molar-refractivity contribution in [2.45, 2.75) is 25.2 Å². The zero-order valence-corrected chi connectivity index (χ0v) is 6.83. The Morgan fingerprint density at radius 3 is 2.33 bits per heavy atom. The van der Waals surface area contributed by atoms with Gasteiger partial charge in [0.2, 0.25) is 0 Å². The molecule has 2 heteroatoms. The predicted octanol–water partition coefficient (Wildman–Crippen LogP) is 2.37. The van der Waals surface area contributed by atoms with E-state index in [2.05, 4.69) is 0 Å². The SMILES string of the molecule is Oc1ccc(C2CCC2)cc1O. The van der Waals surface area contributed by atoms with E-state index in [9.17, 15) is 5.11 Å². The molecule has 2 rings (SSSR count). The first kappa shape index (κ1) is 7.47. The minimum Gasteiger partial charge on any atom is -0.504 e. The second-order valence-electron chi connectivity index (χ2n) is 3.38. The van der Waals surface area contributed by atoms with Crippen molar-refractivity contribution in [1.82, 2.24) is 0 Å². The molecule has 0 unspecified atom stereocenters. The van der Waals surface area contributed by atoms with Crippen molar-refractivity contribution in [2.75, 3.05) is 0 Å². The lowest BCUT2D eigenvalue weighted by Gasteiger charge is -2.25. The van der Waals surface area contributed by atoms with Crippen molar-refractivity contribution in [3.8, 4) is 11.5 Å². The Bertz CT molecular complexity index is 290. The molecule has 1 aliphatic rings. The summed E-state index contributed by atoms with van der Waals surface area (Å²) >= 11 is 0. The molecule has 0 heterocycles. The lowest BCUT2D eigenvalue weighted by molar-refractivity contribution is 0.394. The molecule has 2 nitrogen and oxygen atoms in total. The minimum absolute atomic E-state index is 0.000556. The molecule has 0 radical (unpaired) electrons. The maximum absolute atomic E-state index is 9.22. The lowest BCUT2D eigenvalue weighted by Crippen LogP contribution is -2.08. The molecule has 1 aromatic carbocycles. The first-order valence-corrected chi connectivity index (χ1v) is 4.29. The first-order valence-electron chi connectivity index (χ1n) is 4.29. The highest BCUT2D eigenvalue weighted by molar-refractivity contribution is 5.42. The fourth-order valence-electron chi connectivity index (χ4n) is 1.54. The molecule has 1 aromatic rings. The van der Waals surface area contributed by atoms with Crippen LogP contribution in [0, 0.1) is 0 Å². The second kappa shape index (κ2) is 2.70. The topological polar surface area (TPSA) is 40.5 Å². The molecule has 1 fully saturated rings. The average molecular weight is 164 g/mol. The summed E-state index contributed by atoms with van der Waals surface area (Å²) in [5, 5.41) is 18.3. The van der Waals surface area contributed by atoms with Crippen LogP contribution in [0.25, 0.3) is 0 Å². The van der Waals surface area contributed by atoms with Gasteiger partial charge in [-0.25, -0.2) is 0 Å². The highest BCUT2D eigenvalue weighted by Crippen LogP contribution is 2.39. The summed E-state index contributed by atoms with van der Waals surface area (Å²) in [5.74, 6) is 0.578. The van der Waals surface area contributed by atoms with E-state index in [-0.39, 0.29) is 11.5 Å². The van der Waals surface area contributed by atoms with Crippen LogP contribution in [0.3, 0.4) is 0 Å². The van der Waals surface area contributed by atoms with Crippen LogP contribution in [0.5, 0.6) is 11.5 Å². The van der Waals surface area contributed by atoms with Crippen molar-refractivity contribution in [2.24, 2.45) is 0 Å². The molecule has 12 heavy (non-hydrogen) atoms. The summed E-state index contributed by atoms with van der Waals surface area (Å²) in [6.45, 7) is 0. The molecule has 0 amide bonds. The van der Waals surface area contributed by atoms with Gasteiger partial charge in [0.25, 0.3) is 0 Å². The van der Waals surface area contributed by atoms with Crippen LogP contribution in [0.1, 0.15) is 30.7 Å². The average Bonchev–Trinajstić information content (AvgIpc) is 1.93. The van der Waals surface area contributed by atoms with Crippen LogP contribution in [0.4, 0.5) is 0 Å². The van der Waals surface area contributed by atoms with Gasteiger partial charge >= 0.3 is 0 Å². The number of benzene rings is 1. The molecule has 0 aliphatic heterocycles. The van der Waals surface area contributed by atoms with Gasteiger partial charge in [0.05, 0.1) is 0 Å². The van der Waals surface area contributed by atoms with Gasteiger partial charge in [-0.2, -0.15) is 0 Å². The second-order valence-corrected chi connectivity index (χ2v) is 3.38. The molecule has 64 valence electrons. The Balaban J connectivity index is 2.27. The molecule has 0 aromatic heterocycles. The zero-order valence-electron chi connectivity index (χ0n) is 6.83. The van der Waals surface area contributed by atoms with Crippen LogP contribution in [0.2, 0.25) is 0 Å². The largest absolute Gasteiger partial charge is 0.504 e. The maximum Gasteiger partial charge on any atom is 0.157 e. The van der Waals surface area contributed by atoms with Crippen molar-refractivity contribution in [3.63, 3.8) is 0 Å². The summed E-state index contributed by atoms with van der Waals surface area (Å²) in [6, 6.07) is 5.11. The Morgan fingerprint density at radius 1 is 1.08 bits per heavy atom. The fraction of sp³-hybridized carbons (Fsp3) is 0.400. The standard InChI is InChI=1S/C10H12O2/c11-9-5-4-8(6-10(9)12)7-2-1-3-7/h4-7,11-12H,1-3H2. The van der Waals surface area contributed by atoms with E-state index in [1.54, 1.807) is 12.1 Å². The molecule has 0 saturated heterocycles. The van der Waals surface area contributed by atoms with Crippen LogP contribution in [-0.4, -0.2) is 10.2 Å². The van der Waals surface area contributed by atoms with Gasteiger partial charge in [-0.3, -0.25) is 0 Å². The number of hydrogen-bond donors (Lipinski definition) is 2. The van der Waals surface area contributed by atoms with Crippen molar-refractivity contribution in [1.29, 1.82) is 0 Å². The van der Waals surface area contributed by atoms with Gasteiger partial charge < -0.3 is 10.2 Å². The third-order valence-corrected chi connectivity index (χ3v) is 2.58. The van der Waals surface area contributed by atoms with E-state index in [0.717, 1.165) is 5.56 Å². The maximum atomic E-state index is 9.22. The van der Waals surface area contributed by atoms with E-state index in [1.807, 2.05) is 6.07 Å². The normalized spacial score (nSPS) is 17.3. The van der Waals surface area contributed by atoms with Crippen molar-refractivity contribution in [3.05, 3.63) is 23.8 Å². The minimum atomic E-state index is -0.0296. The van der Waals surface area contributed by atoms with Crippen molar-refractivity contribution < 1.29 is 10.2 Å². The Hall–Kier alpha value is -1.18. The summed E-state index contributed by atoms with van der Waals surface area (Å²) in [5.41, 5.74) is 1.15.